The number of para-hydroxylation sites is 1. The van der Waals surface area contributed by atoms with E-state index in [9.17, 15) is 4.79 Å². The SMILES string of the molecule is CCc1cccc(CC)c1NC(=O)[C@H](C)Sc1ccc(OC)cc1. The summed E-state index contributed by atoms with van der Waals surface area (Å²) < 4.78 is 5.16. The number of thioether (sulfide) groups is 1. The molecule has 2 aromatic rings. The number of rotatable bonds is 7. The van der Waals surface area contributed by atoms with Crippen LogP contribution in [0.1, 0.15) is 31.9 Å². The zero-order valence-corrected chi connectivity index (χ0v) is 15.6. The zero-order chi connectivity index (χ0) is 17.5. The largest absolute Gasteiger partial charge is 0.497 e. The Hall–Kier alpha value is -1.94. The Bertz CT molecular complexity index is 660. The molecule has 4 heteroatoms. The number of ether oxygens (including phenoxy) is 1. The second-order valence-electron chi connectivity index (χ2n) is 5.58. The van der Waals surface area contributed by atoms with Crippen molar-refractivity contribution in [3.63, 3.8) is 0 Å². The van der Waals surface area contributed by atoms with Crippen molar-refractivity contribution in [1.29, 1.82) is 0 Å². The van der Waals surface area contributed by atoms with Crippen molar-refractivity contribution in [3.05, 3.63) is 53.6 Å². The molecule has 0 aliphatic carbocycles. The molecular weight excluding hydrogens is 318 g/mol. The molecule has 2 aromatic carbocycles. The molecule has 0 aromatic heterocycles. The molecule has 0 aliphatic heterocycles. The normalized spacial score (nSPS) is 11.8. The third kappa shape index (κ3) is 4.54. The molecule has 0 aliphatic rings. The van der Waals surface area contributed by atoms with Gasteiger partial charge in [-0.15, -0.1) is 11.8 Å². The van der Waals surface area contributed by atoms with Crippen LogP contribution >= 0.6 is 11.8 Å². The molecule has 0 saturated heterocycles. The number of carbonyl (C=O) groups is 1. The summed E-state index contributed by atoms with van der Waals surface area (Å²) in [5.74, 6) is 0.854. The molecule has 1 amide bonds. The number of methoxy groups -OCH3 is 1. The van der Waals surface area contributed by atoms with E-state index in [-0.39, 0.29) is 11.2 Å². The third-order valence-electron chi connectivity index (χ3n) is 3.99. The van der Waals surface area contributed by atoms with E-state index in [2.05, 4.69) is 37.4 Å². The standard InChI is InChI=1S/C20H25NO2S/c1-5-15-8-7-9-16(6-2)19(15)21-20(22)14(3)24-18-12-10-17(23-4)11-13-18/h7-14H,5-6H2,1-4H3,(H,21,22)/t14-/m0/s1. The van der Waals surface area contributed by atoms with Crippen LogP contribution in [-0.4, -0.2) is 18.3 Å². The van der Waals surface area contributed by atoms with Gasteiger partial charge in [0.15, 0.2) is 0 Å². The summed E-state index contributed by atoms with van der Waals surface area (Å²) in [6, 6.07) is 14.0. The van der Waals surface area contributed by atoms with Gasteiger partial charge in [0.1, 0.15) is 5.75 Å². The molecule has 1 atom stereocenters. The number of nitrogens with one attached hydrogen (secondary N) is 1. The summed E-state index contributed by atoms with van der Waals surface area (Å²) in [6.07, 6.45) is 1.81. The first-order valence-electron chi connectivity index (χ1n) is 8.31. The average molecular weight is 343 g/mol. The summed E-state index contributed by atoms with van der Waals surface area (Å²) >= 11 is 1.55. The molecule has 3 nitrogen and oxygen atoms in total. The summed E-state index contributed by atoms with van der Waals surface area (Å²) in [6.45, 7) is 6.16. The predicted molar refractivity (Wildman–Crippen MR) is 102 cm³/mol. The molecule has 128 valence electrons. The summed E-state index contributed by atoms with van der Waals surface area (Å²) in [5.41, 5.74) is 3.35. The van der Waals surface area contributed by atoms with Crippen LogP contribution in [0.5, 0.6) is 5.75 Å². The van der Waals surface area contributed by atoms with Crippen LogP contribution < -0.4 is 10.1 Å². The lowest BCUT2D eigenvalue weighted by Crippen LogP contribution is -2.23. The molecular formula is C20H25NO2S. The first kappa shape index (κ1) is 18.4. The lowest BCUT2D eigenvalue weighted by Gasteiger charge is -2.17. The Morgan fingerprint density at radius 3 is 2.17 bits per heavy atom. The van der Waals surface area contributed by atoms with Crippen LogP contribution in [-0.2, 0) is 17.6 Å². The minimum Gasteiger partial charge on any atom is -0.497 e. The van der Waals surface area contributed by atoms with Gasteiger partial charge < -0.3 is 10.1 Å². The Morgan fingerprint density at radius 2 is 1.67 bits per heavy atom. The summed E-state index contributed by atoms with van der Waals surface area (Å²) in [5, 5.41) is 2.97. The monoisotopic (exact) mass is 343 g/mol. The van der Waals surface area contributed by atoms with Gasteiger partial charge in [-0.2, -0.15) is 0 Å². The fourth-order valence-corrected chi connectivity index (χ4v) is 3.41. The first-order chi connectivity index (χ1) is 11.6. The predicted octanol–water partition coefficient (Wildman–Crippen LogP) is 4.94. The Labute approximate surface area is 148 Å². The van der Waals surface area contributed by atoms with E-state index in [1.807, 2.05) is 31.2 Å². The van der Waals surface area contributed by atoms with Gasteiger partial charge in [0, 0.05) is 10.6 Å². The van der Waals surface area contributed by atoms with Crippen molar-refractivity contribution in [2.24, 2.45) is 0 Å². The zero-order valence-electron chi connectivity index (χ0n) is 14.8. The van der Waals surface area contributed by atoms with Crippen molar-refractivity contribution in [1.82, 2.24) is 0 Å². The number of amides is 1. The van der Waals surface area contributed by atoms with Crippen LogP contribution in [0.3, 0.4) is 0 Å². The Kier molecular flexibility index (Phi) is 6.73. The highest BCUT2D eigenvalue weighted by molar-refractivity contribution is 8.00. The van der Waals surface area contributed by atoms with Crippen molar-refractivity contribution in [2.75, 3.05) is 12.4 Å². The summed E-state index contributed by atoms with van der Waals surface area (Å²) in [4.78, 5) is 13.7. The number of hydrogen-bond donors (Lipinski definition) is 1. The Morgan fingerprint density at radius 1 is 1.08 bits per heavy atom. The highest BCUT2D eigenvalue weighted by Crippen LogP contribution is 2.28. The first-order valence-corrected chi connectivity index (χ1v) is 9.19. The van der Waals surface area contributed by atoms with Gasteiger partial charge in [-0.3, -0.25) is 4.79 Å². The van der Waals surface area contributed by atoms with Gasteiger partial charge in [-0.25, -0.2) is 0 Å². The smallest absolute Gasteiger partial charge is 0.237 e. The number of carbonyl (C=O) groups excluding carboxylic acids is 1. The fourth-order valence-electron chi connectivity index (χ4n) is 2.54. The second kappa shape index (κ2) is 8.78. The van der Waals surface area contributed by atoms with Gasteiger partial charge in [0.25, 0.3) is 0 Å². The Balaban J connectivity index is 2.08. The van der Waals surface area contributed by atoms with E-state index in [0.717, 1.165) is 29.2 Å². The van der Waals surface area contributed by atoms with Crippen LogP contribution in [0.4, 0.5) is 5.69 Å². The van der Waals surface area contributed by atoms with Crippen molar-refractivity contribution >= 4 is 23.4 Å². The van der Waals surface area contributed by atoms with Crippen LogP contribution in [0.2, 0.25) is 0 Å². The van der Waals surface area contributed by atoms with Crippen molar-refractivity contribution < 1.29 is 9.53 Å². The molecule has 0 unspecified atom stereocenters. The van der Waals surface area contributed by atoms with Gasteiger partial charge in [-0.05, 0) is 55.2 Å². The molecule has 0 radical (unpaired) electrons. The number of hydrogen-bond acceptors (Lipinski definition) is 3. The molecule has 24 heavy (non-hydrogen) atoms. The highest BCUT2D eigenvalue weighted by atomic mass is 32.2. The van der Waals surface area contributed by atoms with Crippen molar-refractivity contribution in [2.45, 2.75) is 43.8 Å². The molecule has 0 bridgehead atoms. The summed E-state index contributed by atoms with van der Waals surface area (Å²) in [7, 11) is 1.65. The van der Waals surface area contributed by atoms with E-state index in [1.165, 1.54) is 11.1 Å². The van der Waals surface area contributed by atoms with Crippen LogP contribution in [0, 0.1) is 0 Å². The van der Waals surface area contributed by atoms with Crippen LogP contribution in [0.25, 0.3) is 0 Å². The maximum Gasteiger partial charge on any atom is 0.237 e. The van der Waals surface area contributed by atoms with Gasteiger partial charge in [0.2, 0.25) is 5.91 Å². The molecule has 0 heterocycles. The lowest BCUT2D eigenvalue weighted by molar-refractivity contribution is -0.115. The number of anilines is 1. The van der Waals surface area contributed by atoms with Gasteiger partial charge in [0.05, 0.1) is 12.4 Å². The molecule has 0 saturated carbocycles. The van der Waals surface area contributed by atoms with E-state index < -0.39 is 0 Å². The molecule has 2 rings (SSSR count). The third-order valence-corrected chi connectivity index (χ3v) is 5.10. The molecule has 0 fully saturated rings. The average Bonchev–Trinajstić information content (AvgIpc) is 2.62. The topological polar surface area (TPSA) is 38.3 Å². The molecule has 1 N–H and O–H groups in total. The van der Waals surface area contributed by atoms with E-state index >= 15 is 0 Å². The van der Waals surface area contributed by atoms with Gasteiger partial charge >= 0.3 is 0 Å². The lowest BCUT2D eigenvalue weighted by atomic mass is 10.0. The number of benzene rings is 2. The van der Waals surface area contributed by atoms with Crippen molar-refractivity contribution in [3.8, 4) is 5.75 Å². The van der Waals surface area contributed by atoms with Crippen LogP contribution in [0.15, 0.2) is 47.4 Å². The molecule has 0 spiro atoms. The highest BCUT2D eigenvalue weighted by Gasteiger charge is 2.17. The minimum absolute atomic E-state index is 0.0337. The van der Waals surface area contributed by atoms with E-state index in [1.54, 1.807) is 18.9 Å². The van der Waals surface area contributed by atoms with E-state index in [0.29, 0.717) is 0 Å². The number of aryl methyl sites for hydroxylation is 2. The fraction of sp³-hybridized carbons (Fsp3) is 0.350. The maximum absolute atomic E-state index is 12.6. The minimum atomic E-state index is -0.173. The maximum atomic E-state index is 12.6. The van der Waals surface area contributed by atoms with E-state index in [4.69, 9.17) is 4.74 Å². The quantitative estimate of drug-likeness (QED) is 0.724. The van der Waals surface area contributed by atoms with Gasteiger partial charge in [-0.1, -0.05) is 32.0 Å². The second-order valence-corrected chi connectivity index (χ2v) is 7.00.